The lowest BCUT2D eigenvalue weighted by Gasteiger charge is -2.07. The number of rotatable bonds is 5. The number of aromatic amines is 1. The van der Waals surface area contributed by atoms with Crippen molar-refractivity contribution in [3.05, 3.63) is 70.3 Å². The molecule has 2 N–H and O–H groups in total. The number of benzene rings is 1. The average molecular weight is 295 g/mol. The van der Waals surface area contributed by atoms with E-state index in [0.29, 0.717) is 18.7 Å². The Bertz CT molecular complexity index is 828. The summed E-state index contributed by atoms with van der Waals surface area (Å²) in [6, 6.07) is 11.4. The molecular formula is C17H17N3O2. The Hall–Kier alpha value is -2.66. The minimum absolute atomic E-state index is 0.0728. The van der Waals surface area contributed by atoms with Gasteiger partial charge in [0.05, 0.1) is 7.11 Å². The molecule has 5 nitrogen and oxygen atoms in total. The average Bonchev–Trinajstić information content (AvgIpc) is 2.56. The molecule has 0 amide bonds. The number of ether oxygens (including phenoxy) is 1. The van der Waals surface area contributed by atoms with Crippen LogP contribution in [0.1, 0.15) is 11.1 Å². The van der Waals surface area contributed by atoms with Crippen LogP contribution in [-0.4, -0.2) is 17.1 Å². The number of H-pyrrole nitrogens is 1. The highest BCUT2D eigenvalue weighted by atomic mass is 16.5. The Balaban J connectivity index is 1.78. The highest BCUT2D eigenvalue weighted by Crippen LogP contribution is 2.18. The predicted molar refractivity (Wildman–Crippen MR) is 85.9 cm³/mol. The van der Waals surface area contributed by atoms with Crippen LogP contribution in [0.5, 0.6) is 5.75 Å². The van der Waals surface area contributed by atoms with Gasteiger partial charge in [-0.2, -0.15) is 0 Å². The molecule has 0 bridgehead atoms. The molecule has 0 spiro atoms. The summed E-state index contributed by atoms with van der Waals surface area (Å²) in [7, 11) is 1.63. The molecule has 3 rings (SSSR count). The topological polar surface area (TPSA) is 67.0 Å². The summed E-state index contributed by atoms with van der Waals surface area (Å²) in [6.45, 7) is 1.17. The lowest BCUT2D eigenvalue weighted by atomic mass is 10.1. The lowest BCUT2D eigenvalue weighted by Crippen LogP contribution is -2.20. The van der Waals surface area contributed by atoms with Crippen molar-refractivity contribution in [1.82, 2.24) is 15.3 Å². The molecule has 5 heteroatoms. The normalized spacial score (nSPS) is 10.8. The van der Waals surface area contributed by atoms with Gasteiger partial charge in [0, 0.05) is 41.9 Å². The highest BCUT2D eigenvalue weighted by molar-refractivity contribution is 5.80. The maximum Gasteiger partial charge on any atom is 0.252 e. The molecule has 22 heavy (non-hydrogen) atoms. The highest BCUT2D eigenvalue weighted by Gasteiger charge is 2.04. The zero-order valence-corrected chi connectivity index (χ0v) is 12.3. The fraction of sp³-hybridized carbons (Fsp3) is 0.176. The summed E-state index contributed by atoms with van der Waals surface area (Å²) in [5.41, 5.74) is 2.52. The summed E-state index contributed by atoms with van der Waals surface area (Å²) in [4.78, 5) is 19.1. The zero-order chi connectivity index (χ0) is 15.4. The van der Waals surface area contributed by atoms with E-state index in [1.54, 1.807) is 13.3 Å². The van der Waals surface area contributed by atoms with Gasteiger partial charge in [0.1, 0.15) is 5.75 Å². The van der Waals surface area contributed by atoms with Crippen LogP contribution in [0.15, 0.2) is 53.6 Å². The van der Waals surface area contributed by atoms with E-state index in [1.807, 2.05) is 42.6 Å². The smallest absolute Gasteiger partial charge is 0.252 e. The Morgan fingerprint density at radius 1 is 1.23 bits per heavy atom. The predicted octanol–water partition coefficient (Wildman–Crippen LogP) is 2.22. The molecule has 3 aromatic rings. The minimum Gasteiger partial charge on any atom is -0.497 e. The molecule has 0 saturated carbocycles. The molecule has 0 aliphatic carbocycles. The number of nitrogens with zero attached hydrogens (tertiary/aromatic N) is 1. The maximum atomic E-state index is 12.1. The number of pyridine rings is 2. The van der Waals surface area contributed by atoms with Gasteiger partial charge in [-0.15, -0.1) is 0 Å². The van der Waals surface area contributed by atoms with Crippen LogP contribution < -0.4 is 15.6 Å². The van der Waals surface area contributed by atoms with Crippen molar-refractivity contribution in [2.75, 3.05) is 7.11 Å². The molecule has 1 aromatic carbocycles. The van der Waals surface area contributed by atoms with Gasteiger partial charge in [0.15, 0.2) is 0 Å². The number of nitrogens with one attached hydrogen (secondary N) is 2. The first-order chi connectivity index (χ1) is 10.8. The van der Waals surface area contributed by atoms with Crippen molar-refractivity contribution >= 4 is 10.9 Å². The summed E-state index contributed by atoms with van der Waals surface area (Å²) < 4.78 is 5.22. The van der Waals surface area contributed by atoms with Crippen molar-refractivity contribution < 1.29 is 4.74 Å². The molecule has 0 radical (unpaired) electrons. The third kappa shape index (κ3) is 3.15. The number of hydrogen-bond acceptors (Lipinski definition) is 4. The second-order valence-electron chi connectivity index (χ2n) is 5.04. The first kappa shape index (κ1) is 14.3. The summed E-state index contributed by atoms with van der Waals surface area (Å²) in [5.74, 6) is 0.772. The largest absolute Gasteiger partial charge is 0.497 e. The lowest BCUT2D eigenvalue weighted by molar-refractivity contribution is 0.415. The van der Waals surface area contributed by atoms with Crippen molar-refractivity contribution in [2.45, 2.75) is 13.1 Å². The van der Waals surface area contributed by atoms with Crippen LogP contribution >= 0.6 is 0 Å². The SMILES string of the molecule is COc1ccc2[nH]c(=O)c(CNCc3cccnc3)cc2c1. The molecule has 0 fully saturated rings. The van der Waals surface area contributed by atoms with E-state index in [-0.39, 0.29) is 5.56 Å². The van der Waals surface area contributed by atoms with Crippen LogP contribution in [-0.2, 0) is 13.1 Å². The first-order valence-corrected chi connectivity index (χ1v) is 7.06. The molecule has 0 aliphatic rings. The van der Waals surface area contributed by atoms with E-state index in [2.05, 4.69) is 15.3 Å². The van der Waals surface area contributed by atoms with Gasteiger partial charge in [-0.05, 0) is 35.9 Å². The molecule has 2 aromatic heterocycles. The second-order valence-corrected chi connectivity index (χ2v) is 5.04. The Labute approximate surface area is 128 Å². The van der Waals surface area contributed by atoms with Crippen LogP contribution in [0.2, 0.25) is 0 Å². The minimum atomic E-state index is -0.0728. The van der Waals surface area contributed by atoms with Crippen molar-refractivity contribution in [2.24, 2.45) is 0 Å². The number of fused-ring (bicyclic) bond motifs is 1. The number of hydrogen-bond donors (Lipinski definition) is 2. The summed E-state index contributed by atoms with van der Waals surface area (Å²) in [6.07, 6.45) is 3.55. The molecule has 112 valence electrons. The summed E-state index contributed by atoms with van der Waals surface area (Å²) in [5, 5.41) is 4.22. The fourth-order valence-corrected chi connectivity index (χ4v) is 2.33. The van der Waals surface area contributed by atoms with Gasteiger partial charge in [-0.25, -0.2) is 0 Å². The van der Waals surface area contributed by atoms with Gasteiger partial charge in [0.2, 0.25) is 0 Å². The van der Waals surface area contributed by atoms with E-state index >= 15 is 0 Å². The van der Waals surface area contributed by atoms with Crippen LogP contribution in [0.3, 0.4) is 0 Å². The van der Waals surface area contributed by atoms with E-state index in [0.717, 1.165) is 22.2 Å². The third-order valence-electron chi connectivity index (χ3n) is 3.50. The van der Waals surface area contributed by atoms with Crippen molar-refractivity contribution in [3.63, 3.8) is 0 Å². The molecule has 0 saturated heterocycles. The molecular weight excluding hydrogens is 278 g/mol. The van der Waals surface area contributed by atoms with Crippen LogP contribution in [0.4, 0.5) is 0 Å². The number of aromatic nitrogens is 2. The van der Waals surface area contributed by atoms with Gasteiger partial charge < -0.3 is 15.0 Å². The van der Waals surface area contributed by atoms with Crippen LogP contribution in [0, 0.1) is 0 Å². The van der Waals surface area contributed by atoms with Gasteiger partial charge in [0.25, 0.3) is 5.56 Å². The van der Waals surface area contributed by atoms with Crippen molar-refractivity contribution in [3.8, 4) is 5.75 Å². The maximum absolute atomic E-state index is 12.1. The Morgan fingerprint density at radius 2 is 2.14 bits per heavy atom. The monoisotopic (exact) mass is 295 g/mol. The van der Waals surface area contributed by atoms with E-state index < -0.39 is 0 Å². The second kappa shape index (κ2) is 6.41. The quantitative estimate of drug-likeness (QED) is 0.757. The standard InChI is InChI=1S/C17H17N3O2/c1-22-15-4-5-16-13(8-15)7-14(17(21)20-16)11-19-10-12-3-2-6-18-9-12/h2-9,19H,10-11H2,1H3,(H,20,21). The zero-order valence-electron chi connectivity index (χ0n) is 12.3. The van der Waals surface area contributed by atoms with E-state index in [9.17, 15) is 4.79 Å². The Kier molecular flexibility index (Phi) is 4.16. The van der Waals surface area contributed by atoms with Gasteiger partial charge >= 0.3 is 0 Å². The molecule has 2 heterocycles. The first-order valence-electron chi connectivity index (χ1n) is 7.06. The van der Waals surface area contributed by atoms with Crippen molar-refractivity contribution in [1.29, 1.82) is 0 Å². The number of methoxy groups -OCH3 is 1. The molecule has 0 aliphatic heterocycles. The molecule has 0 unspecified atom stereocenters. The summed E-state index contributed by atoms with van der Waals surface area (Å²) >= 11 is 0. The molecule has 0 atom stereocenters. The van der Waals surface area contributed by atoms with Gasteiger partial charge in [-0.1, -0.05) is 6.07 Å². The van der Waals surface area contributed by atoms with E-state index in [1.165, 1.54) is 0 Å². The Morgan fingerprint density at radius 3 is 2.91 bits per heavy atom. The van der Waals surface area contributed by atoms with Gasteiger partial charge in [-0.3, -0.25) is 9.78 Å². The van der Waals surface area contributed by atoms with Crippen LogP contribution in [0.25, 0.3) is 10.9 Å². The fourth-order valence-electron chi connectivity index (χ4n) is 2.33. The van der Waals surface area contributed by atoms with E-state index in [4.69, 9.17) is 4.74 Å². The third-order valence-corrected chi connectivity index (χ3v) is 3.50.